The van der Waals surface area contributed by atoms with Gasteiger partial charge in [-0.25, -0.2) is 4.98 Å². The van der Waals surface area contributed by atoms with Gasteiger partial charge in [-0.2, -0.15) is 0 Å². The van der Waals surface area contributed by atoms with Crippen molar-refractivity contribution in [1.82, 2.24) is 4.98 Å². The molecule has 2 heterocycles. The molecule has 1 aromatic carbocycles. The molecule has 92 valence electrons. The molecule has 0 amide bonds. The van der Waals surface area contributed by atoms with Crippen molar-refractivity contribution in [3.8, 4) is 0 Å². The van der Waals surface area contributed by atoms with Gasteiger partial charge in [0.25, 0.3) is 0 Å². The van der Waals surface area contributed by atoms with Crippen LogP contribution in [0, 0.1) is 6.92 Å². The molecule has 2 aromatic rings. The van der Waals surface area contributed by atoms with E-state index in [-0.39, 0.29) is 6.42 Å². The molecule has 0 aliphatic carbocycles. The molecular formula is C12H9NO3S2. The maximum absolute atomic E-state index is 11.4. The van der Waals surface area contributed by atoms with E-state index < -0.39 is 17.2 Å². The summed E-state index contributed by atoms with van der Waals surface area (Å²) in [6, 6.07) is 6.06. The molecule has 1 aliphatic heterocycles. The lowest BCUT2D eigenvalue weighted by atomic mass is 10.2. The third kappa shape index (κ3) is 2.13. The topological polar surface area (TPSA) is 56.3 Å². The van der Waals surface area contributed by atoms with E-state index in [1.165, 1.54) is 23.1 Å². The van der Waals surface area contributed by atoms with Gasteiger partial charge in [-0.05, 0) is 24.6 Å². The average molecular weight is 279 g/mol. The Hall–Kier alpha value is -1.40. The Labute approximate surface area is 111 Å². The minimum Gasteiger partial charge on any atom is -0.392 e. The second kappa shape index (κ2) is 4.37. The molecule has 1 atom stereocenters. The average Bonchev–Trinajstić information content (AvgIpc) is 2.82. The molecule has 18 heavy (non-hydrogen) atoms. The Morgan fingerprint density at radius 2 is 2.28 bits per heavy atom. The van der Waals surface area contributed by atoms with Crippen molar-refractivity contribution in [3.05, 3.63) is 23.8 Å². The summed E-state index contributed by atoms with van der Waals surface area (Å²) in [5, 5.41) is -0.445. The Kier molecular flexibility index (Phi) is 2.83. The molecule has 1 fully saturated rings. The summed E-state index contributed by atoms with van der Waals surface area (Å²) < 4.78 is 6.40. The fourth-order valence-electron chi connectivity index (χ4n) is 1.73. The van der Waals surface area contributed by atoms with Crippen molar-refractivity contribution in [1.29, 1.82) is 0 Å². The van der Waals surface area contributed by atoms with Crippen LogP contribution in [0.1, 0.15) is 12.0 Å². The Balaban J connectivity index is 1.87. The molecule has 1 aliphatic rings. The Bertz CT molecular complexity index is 650. The summed E-state index contributed by atoms with van der Waals surface area (Å²) in [4.78, 5) is 26.8. The van der Waals surface area contributed by atoms with Crippen LogP contribution in [0.25, 0.3) is 10.2 Å². The van der Waals surface area contributed by atoms with E-state index in [9.17, 15) is 9.59 Å². The van der Waals surface area contributed by atoms with Gasteiger partial charge in [0.1, 0.15) is 5.25 Å². The highest BCUT2D eigenvalue weighted by Crippen LogP contribution is 2.35. The van der Waals surface area contributed by atoms with E-state index in [0.29, 0.717) is 0 Å². The van der Waals surface area contributed by atoms with E-state index in [1.54, 1.807) is 0 Å². The Morgan fingerprint density at radius 3 is 3.00 bits per heavy atom. The monoisotopic (exact) mass is 279 g/mol. The number of hydrogen-bond acceptors (Lipinski definition) is 6. The van der Waals surface area contributed by atoms with E-state index in [2.05, 4.69) is 9.72 Å². The fraction of sp³-hybridized carbons (Fsp3) is 0.250. The number of fused-ring (bicyclic) bond motifs is 1. The van der Waals surface area contributed by atoms with Crippen molar-refractivity contribution in [2.75, 3.05) is 0 Å². The molecule has 3 rings (SSSR count). The van der Waals surface area contributed by atoms with E-state index in [4.69, 9.17) is 0 Å². The molecule has 0 spiro atoms. The van der Waals surface area contributed by atoms with E-state index >= 15 is 0 Å². The number of carbonyl (C=O) groups is 2. The van der Waals surface area contributed by atoms with Crippen LogP contribution in [0.15, 0.2) is 22.5 Å². The molecule has 1 aromatic heterocycles. The van der Waals surface area contributed by atoms with Gasteiger partial charge in [-0.15, -0.1) is 11.3 Å². The number of esters is 2. The number of benzene rings is 1. The van der Waals surface area contributed by atoms with Crippen LogP contribution in [-0.4, -0.2) is 22.2 Å². The van der Waals surface area contributed by atoms with Gasteiger partial charge >= 0.3 is 11.9 Å². The molecule has 1 saturated heterocycles. The highest BCUT2D eigenvalue weighted by molar-refractivity contribution is 8.02. The largest absolute Gasteiger partial charge is 0.392 e. The minimum atomic E-state index is -0.458. The van der Waals surface area contributed by atoms with Crippen LogP contribution in [0.4, 0.5) is 0 Å². The lowest BCUT2D eigenvalue weighted by Crippen LogP contribution is -2.08. The second-order valence-electron chi connectivity index (χ2n) is 4.05. The zero-order chi connectivity index (χ0) is 12.7. The zero-order valence-corrected chi connectivity index (χ0v) is 11.1. The number of cyclic esters (lactones) is 2. The SMILES string of the molecule is Cc1ccc2sc(SC3CC(=O)OC3=O)nc2c1. The molecule has 1 unspecified atom stereocenters. The van der Waals surface area contributed by atoms with Crippen LogP contribution in [0.2, 0.25) is 0 Å². The molecule has 6 heteroatoms. The van der Waals surface area contributed by atoms with Crippen molar-refractivity contribution in [2.45, 2.75) is 22.9 Å². The molecule has 4 nitrogen and oxygen atoms in total. The number of nitrogens with zero attached hydrogens (tertiary/aromatic N) is 1. The summed E-state index contributed by atoms with van der Waals surface area (Å²) in [5.74, 6) is -0.908. The first kappa shape index (κ1) is 11.7. The van der Waals surface area contributed by atoms with E-state index in [0.717, 1.165) is 20.1 Å². The lowest BCUT2D eigenvalue weighted by Gasteiger charge is -1.98. The quantitative estimate of drug-likeness (QED) is 0.624. The van der Waals surface area contributed by atoms with Gasteiger partial charge in [0, 0.05) is 0 Å². The van der Waals surface area contributed by atoms with Gasteiger partial charge in [-0.3, -0.25) is 9.59 Å². The van der Waals surface area contributed by atoms with Gasteiger partial charge in [-0.1, -0.05) is 17.8 Å². The fourth-order valence-corrected chi connectivity index (χ4v) is 3.98. The normalized spacial score (nSPS) is 19.5. The number of thiazole rings is 1. The minimum absolute atomic E-state index is 0.137. The maximum atomic E-state index is 11.4. The zero-order valence-electron chi connectivity index (χ0n) is 9.50. The van der Waals surface area contributed by atoms with Crippen molar-refractivity contribution < 1.29 is 14.3 Å². The number of hydrogen-bond donors (Lipinski definition) is 0. The second-order valence-corrected chi connectivity index (χ2v) is 6.54. The Morgan fingerprint density at radius 1 is 1.44 bits per heavy atom. The van der Waals surface area contributed by atoms with Gasteiger partial charge in [0.15, 0.2) is 4.34 Å². The summed E-state index contributed by atoms with van der Waals surface area (Å²) in [6.07, 6.45) is 0.137. The molecule has 0 radical (unpaired) electrons. The van der Waals surface area contributed by atoms with Crippen LogP contribution < -0.4 is 0 Å². The summed E-state index contributed by atoms with van der Waals surface area (Å²) in [5.41, 5.74) is 2.08. The van der Waals surface area contributed by atoms with Crippen molar-refractivity contribution in [3.63, 3.8) is 0 Å². The van der Waals surface area contributed by atoms with Crippen LogP contribution in [0.5, 0.6) is 0 Å². The first-order valence-corrected chi connectivity index (χ1v) is 7.10. The standard InChI is InChI=1S/C12H9NO3S2/c1-6-2-3-8-7(4-6)13-12(17-8)18-9-5-10(14)16-11(9)15/h2-4,9H,5H2,1H3. The highest BCUT2D eigenvalue weighted by atomic mass is 32.2. The smallest absolute Gasteiger partial charge is 0.327 e. The summed E-state index contributed by atoms with van der Waals surface area (Å²) >= 11 is 2.84. The van der Waals surface area contributed by atoms with Crippen LogP contribution >= 0.6 is 23.1 Å². The van der Waals surface area contributed by atoms with Gasteiger partial charge in [0.2, 0.25) is 0 Å². The van der Waals surface area contributed by atoms with Crippen molar-refractivity contribution in [2.24, 2.45) is 0 Å². The highest BCUT2D eigenvalue weighted by Gasteiger charge is 2.34. The van der Waals surface area contributed by atoms with Crippen LogP contribution in [0.3, 0.4) is 0 Å². The third-order valence-corrected chi connectivity index (χ3v) is 4.90. The number of rotatable bonds is 2. The lowest BCUT2D eigenvalue weighted by molar-refractivity contribution is -0.151. The van der Waals surface area contributed by atoms with Crippen LogP contribution in [-0.2, 0) is 14.3 Å². The summed E-state index contributed by atoms with van der Waals surface area (Å²) in [7, 11) is 0. The van der Waals surface area contributed by atoms with Gasteiger partial charge < -0.3 is 4.74 Å². The maximum Gasteiger partial charge on any atom is 0.327 e. The number of carbonyl (C=O) groups excluding carboxylic acids is 2. The van der Waals surface area contributed by atoms with E-state index in [1.807, 2.05) is 25.1 Å². The first-order chi connectivity index (χ1) is 8.61. The molecular weight excluding hydrogens is 270 g/mol. The number of aromatic nitrogens is 1. The number of thioether (sulfide) groups is 1. The molecule has 0 saturated carbocycles. The third-order valence-electron chi connectivity index (χ3n) is 2.60. The predicted molar refractivity (Wildman–Crippen MR) is 69.7 cm³/mol. The van der Waals surface area contributed by atoms with Crippen molar-refractivity contribution >= 4 is 45.3 Å². The molecule has 0 bridgehead atoms. The number of aryl methyl sites for hydroxylation is 1. The first-order valence-electron chi connectivity index (χ1n) is 5.40. The molecule has 0 N–H and O–H groups in total. The van der Waals surface area contributed by atoms with Gasteiger partial charge in [0.05, 0.1) is 16.6 Å². The summed E-state index contributed by atoms with van der Waals surface area (Å²) in [6.45, 7) is 2.01. The predicted octanol–water partition coefficient (Wildman–Crippen LogP) is 2.54. The number of ether oxygens (including phenoxy) is 1.